The van der Waals surface area contributed by atoms with Gasteiger partial charge in [-0.3, -0.25) is 9.97 Å². The summed E-state index contributed by atoms with van der Waals surface area (Å²) in [5, 5.41) is 3.37. The summed E-state index contributed by atoms with van der Waals surface area (Å²) in [6, 6.07) is 23.8. The number of aryl methyl sites for hydroxylation is 3. The summed E-state index contributed by atoms with van der Waals surface area (Å²) in [4.78, 5) is 12.0. The van der Waals surface area contributed by atoms with Gasteiger partial charge < -0.3 is 4.90 Å². The third-order valence-electron chi connectivity index (χ3n) is 6.62. The molecule has 3 nitrogen and oxygen atoms in total. The molecule has 0 aliphatic heterocycles. The number of hydrogen-bond acceptors (Lipinski definition) is 3. The molecule has 0 saturated carbocycles. The number of rotatable bonds is 3. The van der Waals surface area contributed by atoms with Crippen molar-refractivity contribution < 1.29 is 20.1 Å². The first-order valence-electron chi connectivity index (χ1n) is 11.9. The number of benzene rings is 3. The smallest absolute Gasteiger partial charge is 0.0816 e. The molecule has 2 aromatic heterocycles. The molecular formula is C31H31IrN3. The molecule has 0 aliphatic carbocycles. The van der Waals surface area contributed by atoms with E-state index in [1.54, 1.807) is 0 Å². The van der Waals surface area contributed by atoms with E-state index in [0.717, 1.165) is 27.7 Å². The molecule has 0 bridgehead atoms. The number of anilines is 3. The molecule has 5 aromatic rings. The van der Waals surface area contributed by atoms with Crippen molar-refractivity contribution >= 4 is 38.7 Å². The van der Waals surface area contributed by atoms with E-state index in [1.165, 1.54) is 33.5 Å². The molecule has 0 spiro atoms. The third kappa shape index (κ3) is 4.49. The fourth-order valence-electron chi connectivity index (χ4n) is 4.77. The summed E-state index contributed by atoms with van der Waals surface area (Å²) in [7, 11) is 0. The van der Waals surface area contributed by atoms with Crippen LogP contribution in [0.3, 0.4) is 0 Å². The van der Waals surface area contributed by atoms with Crippen molar-refractivity contribution in [2.24, 2.45) is 0 Å². The Bertz CT molecular complexity index is 1510. The number of para-hydroxylation sites is 2. The summed E-state index contributed by atoms with van der Waals surface area (Å²) in [5.74, 6) is 0. The number of fused-ring (bicyclic) bond motifs is 3. The molecule has 0 aliphatic rings. The first-order valence-corrected chi connectivity index (χ1v) is 11.9. The average Bonchev–Trinajstić information content (AvgIpc) is 2.81. The zero-order valence-electron chi connectivity index (χ0n) is 21.2. The van der Waals surface area contributed by atoms with Crippen LogP contribution in [0.2, 0.25) is 0 Å². The van der Waals surface area contributed by atoms with Gasteiger partial charge in [0.25, 0.3) is 0 Å². The zero-order valence-corrected chi connectivity index (χ0v) is 23.6. The number of hydrogen-bond donors (Lipinski definition) is 0. The first-order chi connectivity index (χ1) is 16.3. The average molecular weight is 638 g/mol. The van der Waals surface area contributed by atoms with E-state index in [0.29, 0.717) is 0 Å². The van der Waals surface area contributed by atoms with Gasteiger partial charge in [0.15, 0.2) is 0 Å². The van der Waals surface area contributed by atoms with E-state index in [4.69, 9.17) is 9.97 Å². The van der Waals surface area contributed by atoms with Crippen molar-refractivity contribution in [1.29, 1.82) is 0 Å². The first kappa shape index (κ1) is 25.0. The van der Waals surface area contributed by atoms with Crippen molar-refractivity contribution in [2.75, 3.05) is 4.90 Å². The molecule has 179 valence electrons. The van der Waals surface area contributed by atoms with Crippen LogP contribution in [-0.4, -0.2) is 9.97 Å². The van der Waals surface area contributed by atoms with Crippen molar-refractivity contribution in [3.63, 3.8) is 0 Å². The molecule has 5 rings (SSSR count). The second kappa shape index (κ2) is 9.53. The standard InChI is InChI=1S/C31H31N3.Ir/c1-20-10-7-8-13-26(20)34(30-21(2)11-9-12-22(30)3)27-16-17-32-29-24(27)15-14-23-18-28(31(4,5)6)33-19-25(23)29;/h7-19H,1-6H3;. The Hall–Kier alpha value is -3.07. The Labute approximate surface area is 221 Å². The van der Waals surface area contributed by atoms with Gasteiger partial charge in [0, 0.05) is 60.1 Å². The van der Waals surface area contributed by atoms with Crippen LogP contribution < -0.4 is 4.90 Å². The molecule has 0 unspecified atom stereocenters. The molecule has 0 saturated heterocycles. The second-order valence-corrected chi connectivity index (χ2v) is 10.2. The van der Waals surface area contributed by atoms with Crippen LogP contribution in [-0.2, 0) is 25.5 Å². The van der Waals surface area contributed by atoms with Gasteiger partial charge in [-0.15, -0.1) is 0 Å². The summed E-state index contributed by atoms with van der Waals surface area (Å²) in [6.45, 7) is 13.1. The van der Waals surface area contributed by atoms with Crippen LogP contribution >= 0.6 is 0 Å². The zero-order chi connectivity index (χ0) is 24.0. The number of pyridine rings is 2. The number of nitrogens with zero attached hydrogens (tertiary/aromatic N) is 3. The summed E-state index contributed by atoms with van der Waals surface area (Å²) < 4.78 is 0. The molecule has 1 radical (unpaired) electrons. The molecule has 0 amide bonds. The Kier molecular flexibility index (Phi) is 6.81. The van der Waals surface area contributed by atoms with Crippen LogP contribution in [0.25, 0.3) is 21.7 Å². The van der Waals surface area contributed by atoms with E-state index in [9.17, 15) is 0 Å². The largest absolute Gasteiger partial charge is 0.309 e. The maximum absolute atomic E-state index is 4.83. The summed E-state index contributed by atoms with van der Waals surface area (Å²) in [6.07, 6.45) is 3.92. The predicted octanol–water partition coefficient (Wildman–Crippen LogP) is 8.47. The Balaban J connectivity index is 0.00000289. The maximum atomic E-state index is 4.83. The maximum Gasteiger partial charge on any atom is 0.0816 e. The van der Waals surface area contributed by atoms with Gasteiger partial charge >= 0.3 is 0 Å². The molecule has 0 N–H and O–H groups in total. The summed E-state index contributed by atoms with van der Waals surface area (Å²) >= 11 is 0. The van der Waals surface area contributed by atoms with Gasteiger partial charge in [-0.1, -0.05) is 69.3 Å². The van der Waals surface area contributed by atoms with Crippen molar-refractivity contribution in [3.05, 3.63) is 102 Å². The van der Waals surface area contributed by atoms with Gasteiger partial charge in [0.2, 0.25) is 0 Å². The minimum Gasteiger partial charge on any atom is -0.309 e. The Morgan fingerprint density at radius 2 is 1.37 bits per heavy atom. The topological polar surface area (TPSA) is 29.0 Å². The van der Waals surface area contributed by atoms with Gasteiger partial charge in [0.05, 0.1) is 16.9 Å². The Morgan fingerprint density at radius 3 is 2.06 bits per heavy atom. The van der Waals surface area contributed by atoms with Crippen LogP contribution in [0.15, 0.2) is 79.1 Å². The van der Waals surface area contributed by atoms with Crippen LogP contribution in [0.5, 0.6) is 0 Å². The van der Waals surface area contributed by atoms with E-state index in [2.05, 4.69) is 113 Å². The third-order valence-corrected chi connectivity index (χ3v) is 6.62. The van der Waals surface area contributed by atoms with Crippen molar-refractivity contribution in [2.45, 2.75) is 47.0 Å². The van der Waals surface area contributed by atoms with Crippen molar-refractivity contribution in [3.8, 4) is 0 Å². The van der Waals surface area contributed by atoms with Crippen molar-refractivity contribution in [1.82, 2.24) is 9.97 Å². The van der Waals surface area contributed by atoms with E-state index in [1.807, 2.05) is 12.4 Å². The minimum atomic E-state index is 0. The monoisotopic (exact) mass is 638 g/mol. The normalized spacial score (nSPS) is 11.5. The fraction of sp³-hybridized carbons (Fsp3) is 0.226. The van der Waals surface area contributed by atoms with Gasteiger partial charge in [-0.05, 0) is 61.0 Å². The fourth-order valence-corrected chi connectivity index (χ4v) is 4.77. The van der Waals surface area contributed by atoms with E-state index >= 15 is 0 Å². The molecule has 35 heavy (non-hydrogen) atoms. The number of aromatic nitrogens is 2. The molecule has 0 fully saturated rings. The van der Waals surface area contributed by atoms with Gasteiger partial charge in [-0.25, -0.2) is 0 Å². The van der Waals surface area contributed by atoms with Gasteiger partial charge in [-0.2, -0.15) is 0 Å². The SMILES string of the molecule is Cc1ccccc1N(c1c(C)cccc1C)c1ccnc2c1ccc1cc(C(C)(C)C)ncc12.[Ir]. The quantitative estimate of drug-likeness (QED) is 0.186. The molecule has 4 heteroatoms. The molecular weight excluding hydrogens is 607 g/mol. The summed E-state index contributed by atoms with van der Waals surface area (Å²) in [5.41, 5.74) is 9.30. The van der Waals surface area contributed by atoms with E-state index < -0.39 is 0 Å². The van der Waals surface area contributed by atoms with Crippen LogP contribution in [0.4, 0.5) is 17.1 Å². The van der Waals surface area contributed by atoms with E-state index in [-0.39, 0.29) is 25.5 Å². The Morgan fingerprint density at radius 1 is 0.686 bits per heavy atom. The molecule has 0 atom stereocenters. The minimum absolute atomic E-state index is 0. The van der Waals surface area contributed by atoms with Crippen LogP contribution in [0.1, 0.15) is 43.2 Å². The second-order valence-electron chi connectivity index (χ2n) is 10.2. The molecule has 3 aromatic carbocycles. The predicted molar refractivity (Wildman–Crippen MR) is 145 cm³/mol. The van der Waals surface area contributed by atoms with Gasteiger partial charge in [0.1, 0.15) is 0 Å². The molecule has 2 heterocycles. The van der Waals surface area contributed by atoms with Crippen LogP contribution in [0, 0.1) is 20.8 Å².